The van der Waals surface area contributed by atoms with E-state index < -0.39 is 23.8 Å². The second kappa shape index (κ2) is 5.22. The molecule has 3 rings (SSSR count). The first kappa shape index (κ1) is 11.9. The number of rotatable bonds is 2. The molecule has 2 atom stereocenters. The summed E-state index contributed by atoms with van der Waals surface area (Å²) in [6, 6.07) is 3.31. The fraction of sp³-hybridized carbons (Fsp3) is 0.250. The zero-order chi connectivity index (χ0) is 17.6. The Balaban J connectivity index is 2.36. The highest BCUT2D eigenvalue weighted by Crippen LogP contribution is 2.25. The summed E-state index contributed by atoms with van der Waals surface area (Å²) in [6.07, 6.45) is -1.58. The molecule has 2 N–H and O–H groups in total. The van der Waals surface area contributed by atoms with Gasteiger partial charge in [-0.2, -0.15) is 0 Å². The van der Waals surface area contributed by atoms with E-state index in [0.717, 1.165) is 4.57 Å². The first-order chi connectivity index (χ1) is 11.3. The number of hydrogen-bond donors (Lipinski definition) is 1. The van der Waals surface area contributed by atoms with Crippen LogP contribution in [0.2, 0.25) is 0 Å². The van der Waals surface area contributed by atoms with Crippen molar-refractivity contribution in [1.82, 2.24) is 9.55 Å². The van der Waals surface area contributed by atoms with E-state index in [9.17, 15) is 14.4 Å². The molecule has 1 aromatic carbocycles. The van der Waals surface area contributed by atoms with Gasteiger partial charge in [0.05, 0.1) is 24.7 Å². The molecule has 112 valence electrons. The number of aromatic nitrogens is 2. The van der Waals surface area contributed by atoms with Crippen molar-refractivity contribution in [2.45, 2.75) is 25.3 Å². The molecule has 6 nitrogen and oxygen atoms in total. The van der Waals surface area contributed by atoms with Gasteiger partial charge in [0.2, 0.25) is 0 Å². The van der Waals surface area contributed by atoms with Crippen LogP contribution in [-0.2, 0) is 9.59 Å². The number of nitrogen functional groups attached to an aromatic ring is 1. The molecule has 1 aliphatic carbocycles. The molecule has 0 bridgehead atoms. The topological polar surface area (TPSA) is 95.0 Å². The van der Waals surface area contributed by atoms with Gasteiger partial charge in [0.25, 0.3) is 5.56 Å². The molecular formula is C16H15N3O3. The highest BCUT2D eigenvalue weighted by molar-refractivity contribution is 6.03. The Bertz CT molecular complexity index is 951. The highest BCUT2D eigenvalue weighted by atomic mass is 16.2. The van der Waals surface area contributed by atoms with Gasteiger partial charge in [-0.1, -0.05) is 12.6 Å². The smallest absolute Gasteiger partial charge is 0.264 e. The third-order valence-corrected chi connectivity index (χ3v) is 3.67. The number of benzene rings is 1. The lowest BCUT2D eigenvalue weighted by Gasteiger charge is -2.24. The lowest BCUT2D eigenvalue weighted by Crippen LogP contribution is -2.36. The van der Waals surface area contributed by atoms with E-state index in [0.29, 0.717) is 5.52 Å². The minimum Gasteiger partial charge on any atom is -0.398 e. The minimum absolute atomic E-state index is 0.0944. The number of Topliss-reactive ketones (excluding diaryl/α,β-unsaturated/α-hetero) is 2. The van der Waals surface area contributed by atoms with Gasteiger partial charge < -0.3 is 5.73 Å². The Morgan fingerprint density at radius 2 is 2.23 bits per heavy atom. The Labute approximate surface area is 129 Å². The predicted octanol–water partition coefficient (Wildman–Crippen LogP) is 1.48. The van der Waals surface area contributed by atoms with Crippen LogP contribution in [0, 0.1) is 0 Å². The molecule has 1 saturated carbocycles. The van der Waals surface area contributed by atoms with Crippen LogP contribution in [0.1, 0.15) is 33.8 Å². The SMILES string of the molecule is [2H]C(=C)c1nc2cccc(N)c2c(=O)n1C1C(=O)CC(=O)CC1[2H]. The molecular weight excluding hydrogens is 282 g/mol. The van der Waals surface area contributed by atoms with Gasteiger partial charge in [0, 0.05) is 13.5 Å². The van der Waals surface area contributed by atoms with Crippen molar-refractivity contribution in [3.05, 3.63) is 41.0 Å². The van der Waals surface area contributed by atoms with Crippen molar-refractivity contribution < 1.29 is 12.3 Å². The van der Waals surface area contributed by atoms with E-state index in [4.69, 9.17) is 8.48 Å². The molecule has 1 aliphatic rings. The maximum absolute atomic E-state index is 12.9. The Hall–Kier alpha value is -2.76. The summed E-state index contributed by atoms with van der Waals surface area (Å²) in [5.41, 5.74) is 5.75. The molecule has 2 aromatic rings. The second-order valence-corrected chi connectivity index (χ2v) is 5.10. The van der Waals surface area contributed by atoms with E-state index in [1.807, 2.05) is 0 Å². The van der Waals surface area contributed by atoms with Crippen molar-refractivity contribution in [2.24, 2.45) is 0 Å². The fourth-order valence-electron chi connectivity index (χ4n) is 2.65. The second-order valence-electron chi connectivity index (χ2n) is 5.10. The molecule has 22 heavy (non-hydrogen) atoms. The largest absolute Gasteiger partial charge is 0.398 e. The summed E-state index contributed by atoms with van der Waals surface area (Å²) in [5, 5.41) is 0.124. The van der Waals surface area contributed by atoms with Crippen molar-refractivity contribution in [3.8, 4) is 0 Å². The van der Waals surface area contributed by atoms with Crippen molar-refractivity contribution in [1.29, 1.82) is 0 Å². The van der Waals surface area contributed by atoms with Gasteiger partial charge in [-0.05, 0) is 24.6 Å². The van der Waals surface area contributed by atoms with Gasteiger partial charge in [-0.15, -0.1) is 0 Å². The van der Waals surface area contributed by atoms with E-state index in [1.54, 1.807) is 12.1 Å². The van der Waals surface area contributed by atoms with Gasteiger partial charge in [0.15, 0.2) is 5.78 Å². The van der Waals surface area contributed by atoms with Crippen LogP contribution in [0.5, 0.6) is 0 Å². The summed E-state index contributed by atoms with van der Waals surface area (Å²) < 4.78 is 16.9. The number of nitrogens with zero attached hydrogens (tertiary/aromatic N) is 2. The van der Waals surface area contributed by atoms with E-state index >= 15 is 0 Å². The van der Waals surface area contributed by atoms with Crippen LogP contribution in [0.15, 0.2) is 29.6 Å². The third kappa shape index (κ3) is 2.13. The summed E-state index contributed by atoms with van der Waals surface area (Å²) >= 11 is 0. The van der Waals surface area contributed by atoms with Crippen molar-refractivity contribution >= 4 is 34.2 Å². The van der Waals surface area contributed by atoms with Crippen LogP contribution < -0.4 is 11.3 Å². The molecule has 2 unspecified atom stereocenters. The normalized spacial score (nSPS) is 23.3. The van der Waals surface area contributed by atoms with Crippen LogP contribution in [-0.4, -0.2) is 21.1 Å². The number of carbonyl (C=O) groups is 2. The Kier molecular flexibility index (Phi) is 2.81. The van der Waals surface area contributed by atoms with Gasteiger partial charge in [-0.25, -0.2) is 4.98 Å². The van der Waals surface area contributed by atoms with Gasteiger partial charge in [0.1, 0.15) is 11.6 Å². The summed E-state index contributed by atoms with van der Waals surface area (Å²) in [5.74, 6) is -0.960. The Morgan fingerprint density at radius 1 is 1.45 bits per heavy atom. The quantitative estimate of drug-likeness (QED) is 0.669. The first-order valence-electron chi connectivity index (χ1n) is 7.82. The number of hydrogen-bond acceptors (Lipinski definition) is 5. The first-order valence-corrected chi connectivity index (χ1v) is 6.74. The minimum atomic E-state index is -1.18. The average Bonchev–Trinajstić information content (AvgIpc) is 2.47. The molecule has 1 fully saturated rings. The zero-order valence-electron chi connectivity index (χ0n) is 13.7. The molecule has 1 heterocycles. The predicted molar refractivity (Wildman–Crippen MR) is 83.4 cm³/mol. The zero-order valence-corrected chi connectivity index (χ0v) is 11.7. The number of anilines is 1. The van der Waals surface area contributed by atoms with Crippen LogP contribution >= 0.6 is 0 Å². The van der Waals surface area contributed by atoms with Crippen molar-refractivity contribution in [2.75, 3.05) is 5.73 Å². The summed E-state index contributed by atoms with van der Waals surface area (Å²) in [6.45, 7) is 3.49. The third-order valence-electron chi connectivity index (χ3n) is 3.67. The molecule has 0 spiro atoms. The lowest BCUT2D eigenvalue weighted by atomic mass is 9.92. The maximum Gasteiger partial charge on any atom is 0.264 e. The van der Waals surface area contributed by atoms with Gasteiger partial charge in [-0.3, -0.25) is 19.0 Å². The number of fused-ring (bicyclic) bond motifs is 1. The molecule has 6 heteroatoms. The van der Waals surface area contributed by atoms with Crippen LogP contribution in [0.25, 0.3) is 17.0 Å². The van der Waals surface area contributed by atoms with Crippen LogP contribution in [0.3, 0.4) is 0 Å². The van der Waals surface area contributed by atoms with E-state index in [1.165, 1.54) is 6.07 Å². The number of ketones is 2. The monoisotopic (exact) mass is 299 g/mol. The average molecular weight is 299 g/mol. The fourth-order valence-corrected chi connectivity index (χ4v) is 2.65. The van der Waals surface area contributed by atoms with Crippen LogP contribution in [0.4, 0.5) is 5.69 Å². The van der Waals surface area contributed by atoms with Gasteiger partial charge >= 0.3 is 0 Å². The molecule has 1 aromatic heterocycles. The lowest BCUT2D eigenvalue weighted by molar-refractivity contribution is -0.132. The molecule has 0 amide bonds. The van der Waals surface area contributed by atoms with E-state index in [2.05, 4.69) is 11.6 Å². The van der Waals surface area contributed by atoms with E-state index in [-0.39, 0.29) is 41.6 Å². The number of carbonyl (C=O) groups excluding carboxylic acids is 2. The summed E-state index contributed by atoms with van der Waals surface area (Å²) in [4.78, 5) is 41.0. The molecule has 0 saturated heterocycles. The maximum atomic E-state index is 12.9. The molecule has 0 aliphatic heterocycles. The molecule has 0 radical (unpaired) electrons. The summed E-state index contributed by atoms with van der Waals surface area (Å²) in [7, 11) is 0. The highest BCUT2D eigenvalue weighted by Gasteiger charge is 2.31. The number of nitrogens with two attached hydrogens (primary N) is 1. The standard InChI is InChI=1S/C16H15N3O3/c1-2-14-18-11-5-3-4-10(17)15(11)16(22)19(14)12-7-6-9(20)8-13(12)21/h2-5,12H,1,6-8,17H2/i2D,7D. The van der Waals surface area contributed by atoms with Crippen molar-refractivity contribution in [3.63, 3.8) is 0 Å². The Morgan fingerprint density at radius 3 is 2.91 bits per heavy atom.